The average Bonchev–Trinajstić information content (AvgIpc) is 3.66. The van der Waals surface area contributed by atoms with Crippen LogP contribution in [-0.4, -0.2) is 58.4 Å². The van der Waals surface area contributed by atoms with E-state index in [9.17, 15) is 18.8 Å². The minimum atomic E-state index is -0.389. The molecule has 9 nitrogen and oxygen atoms in total. The summed E-state index contributed by atoms with van der Waals surface area (Å²) in [5.41, 5.74) is 8.33. The molecular formula is C26H34FN5O4. The standard InChI is InChI=1S/C16H21FN2O3.C10H13N3O/c1-11(2)22-16(21)19-9-15(18(10-20)8-12(19)3)13-4-6-14(17)7-5-13;1-6(14)13-8-4-9(7-2-3-7)10(11)12-5-8/h4-7,10-12,15H,8-9H2,1-3H3;4-5,7H,2-3H2,1H3,(H2,11,12)(H,13,14). The fraction of sp³-hybridized carbons (Fsp3) is 0.462. The highest BCUT2D eigenvalue weighted by Crippen LogP contribution is 2.42. The summed E-state index contributed by atoms with van der Waals surface area (Å²) in [5, 5.41) is 2.70. The largest absolute Gasteiger partial charge is 0.447 e. The van der Waals surface area contributed by atoms with Crippen LogP contribution in [0, 0.1) is 5.82 Å². The molecular weight excluding hydrogens is 465 g/mol. The maximum atomic E-state index is 13.1. The zero-order valence-electron chi connectivity index (χ0n) is 21.1. The molecule has 1 aromatic heterocycles. The average molecular weight is 500 g/mol. The van der Waals surface area contributed by atoms with E-state index in [0.717, 1.165) is 23.2 Å². The van der Waals surface area contributed by atoms with E-state index >= 15 is 0 Å². The molecule has 1 saturated heterocycles. The van der Waals surface area contributed by atoms with Gasteiger partial charge in [0.1, 0.15) is 11.6 Å². The van der Waals surface area contributed by atoms with Gasteiger partial charge in [-0.3, -0.25) is 9.59 Å². The van der Waals surface area contributed by atoms with Gasteiger partial charge in [0.2, 0.25) is 12.3 Å². The van der Waals surface area contributed by atoms with Crippen LogP contribution in [0.15, 0.2) is 36.5 Å². The molecule has 2 atom stereocenters. The minimum Gasteiger partial charge on any atom is -0.447 e. The molecule has 1 aromatic carbocycles. The zero-order valence-corrected chi connectivity index (χ0v) is 21.1. The number of nitrogens with one attached hydrogen (secondary N) is 1. The molecule has 3 N–H and O–H groups in total. The Bertz CT molecular complexity index is 1070. The summed E-state index contributed by atoms with van der Waals surface area (Å²) in [5.74, 6) is 0.720. The van der Waals surface area contributed by atoms with Crippen molar-refractivity contribution in [2.24, 2.45) is 0 Å². The molecule has 194 valence electrons. The maximum absolute atomic E-state index is 13.1. The first-order valence-corrected chi connectivity index (χ1v) is 12.1. The molecule has 2 aliphatic rings. The van der Waals surface area contributed by atoms with E-state index < -0.39 is 0 Å². The number of piperazine rings is 1. The molecule has 1 aliphatic carbocycles. The van der Waals surface area contributed by atoms with Gasteiger partial charge < -0.3 is 25.6 Å². The molecule has 2 fully saturated rings. The normalized spacial score (nSPS) is 19.3. The Hall–Kier alpha value is -3.69. The van der Waals surface area contributed by atoms with Crippen molar-refractivity contribution < 1.29 is 23.5 Å². The number of nitrogen functional groups attached to an aromatic ring is 1. The minimum absolute atomic E-state index is 0.0849. The number of hydrogen-bond acceptors (Lipinski definition) is 6. The van der Waals surface area contributed by atoms with Gasteiger partial charge in [0.25, 0.3) is 0 Å². The summed E-state index contributed by atoms with van der Waals surface area (Å²) in [6.45, 7) is 7.69. The third-order valence-corrected chi connectivity index (χ3v) is 6.03. The van der Waals surface area contributed by atoms with Gasteiger partial charge in [-0.1, -0.05) is 12.1 Å². The summed E-state index contributed by atoms with van der Waals surface area (Å²) >= 11 is 0. The number of rotatable bonds is 5. The topological polar surface area (TPSA) is 118 Å². The zero-order chi connectivity index (χ0) is 26.4. The number of ether oxygens (including phenoxy) is 1. The van der Waals surface area contributed by atoms with Gasteiger partial charge in [0.05, 0.1) is 24.0 Å². The Labute approximate surface area is 210 Å². The van der Waals surface area contributed by atoms with E-state index in [0.29, 0.717) is 24.8 Å². The Morgan fingerprint density at radius 3 is 2.44 bits per heavy atom. The third-order valence-electron chi connectivity index (χ3n) is 6.03. The molecule has 3 amide bonds. The monoisotopic (exact) mass is 499 g/mol. The molecule has 10 heteroatoms. The molecule has 36 heavy (non-hydrogen) atoms. The van der Waals surface area contributed by atoms with Gasteiger partial charge in [-0.05, 0) is 68.9 Å². The predicted octanol–water partition coefficient (Wildman–Crippen LogP) is 4.07. The molecule has 2 aromatic rings. The number of nitrogens with two attached hydrogens (primary N) is 1. The van der Waals surface area contributed by atoms with Gasteiger partial charge in [-0.25, -0.2) is 14.2 Å². The Balaban J connectivity index is 0.000000221. The van der Waals surface area contributed by atoms with E-state index in [1.54, 1.807) is 42.0 Å². The summed E-state index contributed by atoms with van der Waals surface area (Å²) in [7, 11) is 0. The molecule has 0 radical (unpaired) electrons. The van der Waals surface area contributed by atoms with Gasteiger partial charge in [0.15, 0.2) is 0 Å². The highest BCUT2D eigenvalue weighted by molar-refractivity contribution is 5.88. The first kappa shape index (κ1) is 26.9. The number of aromatic nitrogens is 1. The number of pyridine rings is 1. The van der Waals surface area contributed by atoms with Crippen molar-refractivity contribution >= 4 is 29.9 Å². The van der Waals surface area contributed by atoms with Crippen molar-refractivity contribution in [2.75, 3.05) is 24.1 Å². The Kier molecular flexibility index (Phi) is 8.84. The van der Waals surface area contributed by atoms with E-state index in [2.05, 4.69) is 10.3 Å². The number of nitrogens with zero attached hydrogens (tertiary/aromatic N) is 3. The van der Waals surface area contributed by atoms with Crippen molar-refractivity contribution in [2.45, 2.75) is 64.6 Å². The van der Waals surface area contributed by atoms with Gasteiger partial charge >= 0.3 is 6.09 Å². The summed E-state index contributed by atoms with van der Waals surface area (Å²) < 4.78 is 18.3. The second kappa shape index (κ2) is 11.8. The van der Waals surface area contributed by atoms with Crippen molar-refractivity contribution in [1.82, 2.24) is 14.8 Å². The van der Waals surface area contributed by atoms with Gasteiger partial charge in [-0.15, -0.1) is 0 Å². The molecule has 0 spiro atoms. The van der Waals surface area contributed by atoms with Crippen LogP contribution >= 0.6 is 0 Å². The lowest BCUT2D eigenvalue weighted by atomic mass is 10.0. The number of carbonyl (C=O) groups excluding carboxylic acids is 3. The molecule has 2 heterocycles. The molecule has 2 unspecified atom stereocenters. The Morgan fingerprint density at radius 1 is 1.22 bits per heavy atom. The van der Waals surface area contributed by atoms with Crippen LogP contribution in [0.1, 0.15) is 63.6 Å². The highest BCUT2D eigenvalue weighted by atomic mass is 19.1. The van der Waals surface area contributed by atoms with Crippen molar-refractivity contribution in [3.8, 4) is 0 Å². The molecule has 1 aliphatic heterocycles. The van der Waals surface area contributed by atoms with Crippen LogP contribution in [0.25, 0.3) is 0 Å². The van der Waals surface area contributed by atoms with Crippen LogP contribution in [-0.2, 0) is 14.3 Å². The summed E-state index contributed by atoms with van der Waals surface area (Å²) in [6, 6.07) is 7.47. The lowest BCUT2D eigenvalue weighted by Gasteiger charge is -2.43. The van der Waals surface area contributed by atoms with E-state index in [-0.39, 0.29) is 36.0 Å². The number of amides is 3. The smallest absolute Gasteiger partial charge is 0.410 e. The SMILES string of the molecule is CC(=O)Nc1cnc(N)c(C2CC2)c1.CC(C)OC(=O)N1CC(c2ccc(F)cc2)N(C=O)CC1C. The molecule has 1 saturated carbocycles. The fourth-order valence-electron chi connectivity index (χ4n) is 4.11. The van der Waals surface area contributed by atoms with E-state index in [1.165, 1.54) is 31.9 Å². The van der Waals surface area contributed by atoms with Crippen LogP contribution in [0.2, 0.25) is 0 Å². The van der Waals surface area contributed by atoms with E-state index in [1.807, 2.05) is 13.0 Å². The predicted molar refractivity (Wildman–Crippen MR) is 135 cm³/mol. The van der Waals surface area contributed by atoms with E-state index in [4.69, 9.17) is 10.5 Å². The number of anilines is 2. The maximum Gasteiger partial charge on any atom is 0.410 e. The Morgan fingerprint density at radius 2 is 1.89 bits per heavy atom. The van der Waals surface area contributed by atoms with Crippen molar-refractivity contribution in [1.29, 1.82) is 0 Å². The third kappa shape index (κ3) is 7.16. The van der Waals surface area contributed by atoms with Crippen LogP contribution in [0.5, 0.6) is 0 Å². The van der Waals surface area contributed by atoms with Gasteiger partial charge in [0, 0.05) is 26.1 Å². The number of halogens is 1. The number of hydrogen-bond donors (Lipinski definition) is 2. The van der Waals surface area contributed by atoms with Crippen LogP contribution in [0.4, 0.5) is 20.7 Å². The lowest BCUT2D eigenvalue weighted by Crippen LogP contribution is -2.55. The van der Waals surface area contributed by atoms with Gasteiger partial charge in [-0.2, -0.15) is 0 Å². The second-order valence-corrected chi connectivity index (χ2v) is 9.46. The van der Waals surface area contributed by atoms with Crippen molar-refractivity contribution in [3.63, 3.8) is 0 Å². The van der Waals surface area contributed by atoms with Crippen molar-refractivity contribution in [3.05, 3.63) is 53.5 Å². The highest BCUT2D eigenvalue weighted by Gasteiger charge is 2.35. The lowest BCUT2D eigenvalue weighted by molar-refractivity contribution is -0.124. The quantitative estimate of drug-likeness (QED) is 0.599. The fourth-order valence-corrected chi connectivity index (χ4v) is 4.11. The van der Waals surface area contributed by atoms with Crippen LogP contribution in [0.3, 0.4) is 0 Å². The summed E-state index contributed by atoms with van der Waals surface area (Å²) in [4.78, 5) is 41.6. The molecule has 0 bridgehead atoms. The first-order chi connectivity index (χ1) is 17.1. The molecule has 4 rings (SSSR count). The first-order valence-electron chi connectivity index (χ1n) is 12.1. The van der Waals surface area contributed by atoms with Crippen LogP contribution < -0.4 is 11.1 Å². The second-order valence-electron chi connectivity index (χ2n) is 9.46. The number of benzene rings is 1. The summed E-state index contributed by atoms with van der Waals surface area (Å²) in [6.07, 6.45) is 4.12. The number of carbonyl (C=O) groups is 3.